The van der Waals surface area contributed by atoms with Gasteiger partial charge in [0.2, 0.25) is 0 Å². The monoisotopic (exact) mass is 796 g/mol. The lowest BCUT2D eigenvalue weighted by molar-refractivity contribution is -0.0419. The van der Waals surface area contributed by atoms with Crippen LogP contribution in [0.5, 0.6) is 11.5 Å². The van der Waals surface area contributed by atoms with Crippen LogP contribution in [0, 0.1) is 44.4 Å². The predicted octanol–water partition coefficient (Wildman–Crippen LogP) is 13.9. The van der Waals surface area contributed by atoms with E-state index in [0.717, 1.165) is 63.7 Å². The first kappa shape index (κ1) is 36.5. The van der Waals surface area contributed by atoms with E-state index in [0.29, 0.717) is 11.8 Å². The molecule has 0 amide bonds. The predicted molar refractivity (Wildman–Crippen MR) is 251 cm³/mol. The minimum atomic E-state index is -0.0203. The minimum absolute atomic E-state index is 0.0203. The molecule has 8 aromatic rings. The fraction of sp³-hybridized carbons (Fsp3) is 0.268. The average molecular weight is 797 g/mol. The maximum absolute atomic E-state index is 6.97. The van der Waals surface area contributed by atoms with Crippen LogP contribution in [0.4, 0.5) is 17.1 Å². The molecule has 5 heteroatoms. The number of ether oxygens (including phenoxy) is 1. The first-order chi connectivity index (χ1) is 29.8. The Morgan fingerprint density at radius 2 is 1.26 bits per heavy atom. The van der Waals surface area contributed by atoms with Crippen LogP contribution in [-0.2, 0) is 5.41 Å². The number of para-hydroxylation sites is 3. The van der Waals surface area contributed by atoms with Crippen molar-refractivity contribution in [2.45, 2.75) is 58.3 Å². The van der Waals surface area contributed by atoms with E-state index >= 15 is 0 Å². The molecule has 4 fully saturated rings. The van der Waals surface area contributed by atoms with Gasteiger partial charge in [-0.3, -0.25) is 4.57 Å². The lowest BCUT2D eigenvalue weighted by Gasteiger charge is -2.62. The fourth-order valence-electron chi connectivity index (χ4n) is 12.7. The summed E-state index contributed by atoms with van der Waals surface area (Å²) < 4.78 is 9.35. The summed E-state index contributed by atoms with van der Waals surface area (Å²) in [7, 11) is 2.16. The largest absolute Gasteiger partial charge is 0.457 e. The number of aryl methyl sites for hydroxylation is 2. The lowest BCUT2D eigenvalue weighted by Crippen LogP contribution is -2.56. The molecule has 0 atom stereocenters. The van der Waals surface area contributed by atoms with Crippen molar-refractivity contribution in [1.29, 1.82) is 0 Å². The minimum Gasteiger partial charge on any atom is -0.457 e. The third-order valence-corrected chi connectivity index (χ3v) is 15.4. The zero-order valence-corrected chi connectivity index (χ0v) is 35.6. The van der Waals surface area contributed by atoms with E-state index in [-0.39, 0.29) is 5.41 Å². The second kappa shape index (κ2) is 13.9. The molecule has 5 aliphatic rings. The average Bonchev–Trinajstić information content (AvgIpc) is 3.79. The summed E-state index contributed by atoms with van der Waals surface area (Å²) in [6.07, 6.45) is 8.87. The zero-order chi connectivity index (χ0) is 41.0. The van der Waals surface area contributed by atoms with Crippen molar-refractivity contribution >= 4 is 38.9 Å². The summed E-state index contributed by atoms with van der Waals surface area (Å²) in [6, 6.07) is 51.2. The Labute approximate surface area is 359 Å². The van der Waals surface area contributed by atoms with Crippen molar-refractivity contribution in [1.82, 2.24) is 9.55 Å². The van der Waals surface area contributed by atoms with Gasteiger partial charge in [-0.1, -0.05) is 72.8 Å². The molecular weight excluding hydrogens is 745 g/mol. The van der Waals surface area contributed by atoms with Gasteiger partial charge in [-0.2, -0.15) is 0 Å². The van der Waals surface area contributed by atoms with Crippen molar-refractivity contribution < 1.29 is 4.74 Å². The highest BCUT2D eigenvalue weighted by Gasteiger charge is 2.58. The molecule has 302 valence electrons. The Hall–Kier alpha value is -6.33. The van der Waals surface area contributed by atoms with Crippen molar-refractivity contribution in [3.8, 4) is 28.4 Å². The second-order valence-electron chi connectivity index (χ2n) is 18.8. The van der Waals surface area contributed by atoms with E-state index in [1.54, 1.807) is 0 Å². The number of pyridine rings is 1. The first-order valence-electron chi connectivity index (χ1n) is 22.4. The number of nitrogens with zero attached hydrogens (tertiary/aromatic N) is 4. The maximum atomic E-state index is 6.97. The topological polar surface area (TPSA) is 33.5 Å². The molecule has 1 aliphatic heterocycles. The number of aromatic nitrogens is 2. The van der Waals surface area contributed by atoms with Crippen LogP contribution < -0.4 is 14.5 Å². The SMILES string of the molecule is Cc1cc(C2(c3ccnc(-n4c5ccccc5c5ccc(Oc6cc(-c7ccccc7)cc(N7CN(C)c8ccccc87)c6)cc54)c3)C3CC4CC(C3)CC2C4)cc(C)c1C. The molecule has 0 radical (unpaired) electrons. The molecule has 4 bridgehead atoms. The Bertz CT molecular complexity index is 2970. The number of hydrogen-bond acceptors (Lipinski definition) is 4. The maximum Gasteiger partial charge on any atom is 0.137 e. The molecule has 0 saturated heterocycles. The van der Waals surface area contributed by atoms with Gasteiger partial charge in [-0.05, 0) is 170 Å². The highest BCUT2D eigenvalue weighted by molar-refractivity contribution is 6.09. The molecule has 0 spiro atoms. The fourth-order valence-corrected chi connectivity index (χ4v) is 12.7. The van der Waals surface area contributed by atoms with E-state index in [1.807, 2.05) is 0 Å². The zero-order valence-electron chi connectivity index (χ0n) is 35.6. The summed E-state index contributed by atoms with van der Waals surface area (Å²) >= 11 is 0. The highest BCUT2D eigenvalue weighted by Crippen LogP contribution is 2.65. The number of fused-ring (bicyclic) bond motifs is 4. The van der Waals surface area contributed by atoms with Crippen LogP contribution in [0.3, 0.4) is 0 Å². The van der Waals surface area contributed by atoms with Gasteiger partial charge in [-0.25, -0.2) is 4.98 Å². The van der Waals surface area contributed by atoms with Crippen LogP contribution in [-0.4, -0.2) is 23.3 Å². The smallest absolute Gasteiger partial charge is 0.137 e. The number of rotatable bonds is 7. The van der Waals surface area contributed by atoms with E-state index in [2.05, 4.69) is 188 Å². The molecule has 0 N–H and O–H groups in total. The molecule has 2 aromatic heterocycles. The normalized spacial score (nSPS) is 22.7. The Kier molecular flexibility index (Phi) is 8.29. The van der Waals surface area contributed by atoms with Gasteiger partial charge >= 0.3 is 0 Å². The highest BCUT2D eigenvalue weighted by atomic mass is 16.5. The van der Waals surface area contributed by atoms with Crippen LogP contribution in [0.1, 0.15) is 59.9 Å². The molecule has 61 heavy (non-hydrogen) atoms. The lowest BCUT2D eigenvalue weighted by atomic mass is 9.42. The molecule has 4 aliphatic carbocycles. The third kappa shape index (κ3) is 5.69. The summed E-state index contributed by atoms with van der Waals surface area (Å²) in [5, 5.41) is 2.41. The number of anilines is 3. The molecule has 0 unspecified atom stereocenters. The standard InChI is InChI=1S/C56H52N4O/c1-35-22-43(23-36(2)37(35)3)56(44-25-38-24-39(27-44)28-45(56)26-38)42-20-21-57-55(31-42)60-51-15-9-8-14-49(51)50-19-18-47(33-54(50)60)61-48-30-41(40-12-6-5-7-13-40)29-46(32-48)59-34-58(4)52-16-10-11-17-53(52)59/h5-23,29-33,38-39,44-45H,24-28,34H2,1-4H3. The second-order valence-corrected chi connectivity index (χ2v) is 18.8. The van der Waals surface area contributed by atoms with Gasteiger partial charge in [0.05, 0.1) is 29.1 Å². The van der Waals surface area contributed by atoms with Gasteiger partial charge in [0.15, 0.2) is 0 Å². The summed E-state index contributed by atoms with van der Waals surface area (Å²) in [5.74, 6) is 5.60. The van der Waals surface area contributed by atoms with Crippen molar-refractivity contribution in [2.24, 2.45) is 23.7 Å². The summed E-state index contributed by atoms with van der Waals surface area (Å²) in [5.41, 5.74) is 15.2. The quantitative estimate of drug-likeness (QED) is 0.161. The van der Waals surface area contributed by atoms with Crippen LogP contribution in [0.15, 0.2) is 146 Å². The van der Waals surface area contributed by atoms with E-state index in [1.165, 1.54) is 82.1 Å². The summed E-state index contributed by atoms with van der Waals surface area (Å²) in [4.78, 5) is 9.90. The van der Waals surface area contributed by atoms with E-state index in [9.17, 15) is 0 Å². The Morgan fingerprint density at radius 1 is 0.574 bits per heavy atom. The van der Waals surface area contributed by atoms with Gasteiger partial charge in [0, 0.05) is 47.3 Å². The molecule has 3 heterocycles. The van der Waals surface area contributed by atoms with Gasteiger partial charge < -0.3 is 14.5 Å². The van der Waals surface area contributed by atoms with Gasteiger partial charge in [0.1, 0.15) is 17.3 Å². The molecule has 5 nitrogen and oxygen atoms in total. The van der Waals surface area contributed by atoms with Crippen molar-refractivity contribution in [3.63, 3.8) is 0 Å². The molecular formula is C56H52N4O. The number of benzene rings is 6. The van der Waals surface area contributed by atoms with Crippen molar-refractivity contribution in [3.05, 3.63) is 174 Å². The van der Waals surface area contributed by atoms with E-state index < -0.39 is 0 Å². The Morgan fingerprint density at radius 3 is 2.03 bits per heavy atom. The van der Waals surface area contributed by atoms with E-state index in [4.69, 9.17) is 9.72 Å². The molecule has 6 aromatic carbocycles. The third-order valence-electron chi connectivity index (χ3n) is 15.4. The van der Waals surface area contributed by atoms with Crippen LogP contribution in [0.2, 0.25) is 0 Å². The molecule has 13 rings (SSSR count). The summed E-state index contributed by atoms with van der Waals surface area (Å²) in [6.45, 7) is 7.68. The van der Waals surface area contributed by atoms with Crippen LogP contribution in [0.25, 0.3) is 38.8 Å². The van der Waals surface area contributed by atoms with Gasteiger partial charge in [0.25, 0.3) is 0 Å². The van der Waals surface area contributed by atoms with Gasteiger partial charge in [-0.15, -0.1) is 0 Å². The number of hydrogen-bond donors (Lipinski definition) is 0. The van der Waals surface area contributed by atoms with Crippen molar-refractivity contribution in [2.75, 3.05) is 23.5 Å². The molecule has 4 saturated carbocycles. The first-order valence-corrected chi connectivity index (χ1v) is 22.4. The van der Waals surface area contributed by atoms with Crippen LogP contribution >= 0.6 is 0 Å². The Balaban J connectivity index is 0.993.